The van der Waals surface area contributed by atoms with Crippen molar-refractivity contribution in [2.75, 3.05) is 13.2 Å². The Morgan fingerprint density at radius 3 is 2.63 bits per heavy atom. The van der Waals surface area contributed by atoms with Crippen LogP contribution < -0.4 is 10.5 Å². The van der Waals surface area contributed by atoms with Gasteiger partial charge in [0.2, 0.25) is 0 Å². The van der Waals surface area contributed by atoms with Crippen LogP contribution in [0.4, 0.5) is 0 Å². The number of ether oxygens (including phenoxy) is 1. The monoisotopic (exact) mass is 259 g/mol. The van der Waals surface area contributed by atoms with Gasteiger partial charge in [-0.3, -0.25) is 0 Å². The molecule has 2 aromatic rings. The van der Waals surface area contributed by atoms with Crippen LogP contribution in [0.5, 0.6) is 5.75 Å². The molecule has 0 atom stereocenters. The molecular formula is C16H21NO2. The largest absolute Gasteiger partial charge is 0.493 e. The molecule has 0 bridgehead atoms. The molecule has 0 heterocycles. The summed E-state index contributed by atoms with van der Waals surface area (Å²) in [6, 6.07) is 12.3. The van der Waals surface area contributed by atoms with E-state index in [-0.39, 0.29) is 6.61 Å². The summed E-state index contributed by atoms with van der Waals surface area (Å²) in [4.78, 5) is 0. The van der Waals surface area contributed by atoms with E-state index < -0.39 is 0 Å². The third-order valence-corrected chi connectivity index (χ3v) is 3.26. The van der Waals surface area contributed by atoms with E-state index >= 15 is 0 Å². The van der Waals surface area contributed by atoms with Gasteiger partial charge in [0.05, 0.1) is 6.61 Å². The van der Waals surface area contributed by atoms with Crippen LogP contribution in [0.1, 0.15) is 24.8 Å². The van der Waals surface area contributed by atoms with Crippen molar-refractivity contribution >= 4 is 10.8 Å². The van der Waals surface area contributed by atoms with Gasteiger partial charge in [-0.1, -0.05) is 30.3 Å². The minimum absolute atomic E-state index is 0.254. The van der Waals surface area contributed by atoms with E-state index in [0.29, 0.717) is 13.2 Å². The quantitative estimate of drug-likeness (QED) is 0.752. The van der Waals surface area contributed by atoms with Crippen molar-refractivity contribution in [2.24, 2.45) is 5.73 Å². The number of benzene rings is 2. The average Bonchev–Trinajstić information content (AvgIpc) is 2.46. The Morgan fingerprint density at radius 2 is 1.84 bits per heavy atom. The molecule has 0 aliphatic rings. The number of hydrogen-bond acceptors (Lipinski definition) is 3. The van der Waals surface area contributed by atoms with E-state index in [1.807, 2.05) is 18.2 Å². The van der Waals surface area contributed by atoms with Crippen LogP contribution in [-0.2, 0) is 6.54 Å². The van der Waals surface area contributed by atoms with Gasteiger partial charge in [-0.05, 0) is 36.1 Å². The second-order valence-corrected chi connectivity index (χ2v) is 4.60. The summed E-state index contributed by atoms with van der Waals surface area (Å²) in [6.45, 7) is 1.41. The maximum Gasteiger partial charge on any atom is 0.124 e. The van der Waals surface area contributed by atoms with Gasteiger partial charge in [-0.25, -0.2) is 0 Å². The molecular weight excluding hydrogens is 238 g/mol. The minimum Gasteiger partial charge on any atom is -0.493 e. The fourth-order valence-corrected chi connectivity index (χ4v) is 2.23. The number of hydrogen-bond donors (Lipinski definition) is 2. The van der Waals surface area contributed by atoms with Gasteiger partial charge in [0.15, 0.2) is 0 Å². The predicted molar refractivity (Wildman–Crippen MR) is 78.3 cm³/mol. The Hall–Kier alpha value is -1.58. The molecule has 0 spiro atoms. The van der Waals surface area contributed by atoms with Crippen LogP contribution in [-0.4, -0.2) is 18.3 Å². The molecule has 0 saturated heterocycles. The van der Waals surface area contributed by atoms with Gasteiger partial charge in [-0.15, -0.1) is 0 Å². The summed E-state index contributed by atoms with van der Waals surface area (Å²) in [5.74, 6) is 0.880. The summed E-state index contributed by atoms with van der Waals surface area (Å²) in [7, 11) is 0. The van der Waals surface area contributed by atoms with Crippen molar-refractivity contribution in [3.8, 4) is 5.75 Å². The van der Waals surface area contributed by atoms with Crippen LogP contribution in [0.25, 0.3) is 10.8 Å². The van der Waals surface area contributed by atoms with E-state index in [2.05, 4.69) is 18.2 Å². The van der Waals surface area contributed by atoms with Crippen LogP contribution >= 0.6 is 0 Å². The molecule has 0 fully saturated rings. The summed E-state index contributed by atoms with van der Waals surface area (Å²) in [5.41, 5.74) is 6.93. The van der Waals surface area contributed by atoms with Gasteiger partial charge in [0, 0.05) is 18.7 Å². The fraction of sp³-hybridized carbons (Fsp3) is 0.375. The van der Waals surface area contributed by atoms with Crippen molar-refractivity contribution in [3.05, 3.63) is 42.0 Å². The molecule has 0 aliphatic carbocycles. The maximum absolute atomic E-state index is 8.73. The number of fused-ring (bicyclic) bond motifs is 1. The Labute approximate surface area is 114 Å². The topological polar surface area (TPSA) is 55.5 Å². The second kappa shape index (κ2) is 7.12. The van der Waals surface area contributed by atoms with Crippen LogP contribution in [0.2, 0.25) is 0 Å². The Morgan fingerprint density at radius 1 is 1.00 bits per heavy atom. The van der Waals surface area contributed by atoms with Crippen molar-refractivity contribution in [3.63, 3.8) is 0 Å². The van der Waals surface area contributed by atoms with Crippen molar-refractivity contribution in [2.45, 2.75) is 25.8 Å². The summed E-state index contributed by atoms with van der Waals surface area (Å²) in [6.07, 6.45) is 2.78. The molecule has 0 saturated carbocycles. The fourth-order valence-electron chi connectivity index (χ4n) is 2.23. The van der Waals surface area contributed by atoms with Crippen LogP contribution in [0.15, 0.2) is 36.4 Å². The summed E-state index contributed by atoms with van der Waals surface area (Å²) >= 11 is 0. The summed E-state index contributed by atoms with van der Waals surface area (Å²) < 4.78 is 5.82. The Bertz CT molecular complexity index is 525. The molecule has 2 aromatic carbocycles. The van der Waals surface area contributed by atoms with E-state index in [1.54, 1.807) is 0 Å². The lowest BCUT2D eigenvalue weighted by Crippen LogP contribution is -2.04. The van der Waals surface area contributed by atoms with E-state index in [9.17, 15) is 0 Å². The second-order valence-electron chi connectivity index (χ2n) is 4.60. The lowest BCUT2D eigenvalue weighted by atomic mass is 10.0. The number of unbranched alkanes of at least 4 members (excludes halogenated alkanes) is 2. The van der Waals surface area contributed by atoms with Gasteiger partial charge < -0.3 is 15.6 Å². The third kappa shape index (κ3) is 3.46. The molecule has 0 amide bonds. The highest BCUT2D eigenvalue weighted by molar-refractivity contribution is 5.87. The first kappa shape index (κ1) is 13.8. The first-order valence-corrected chi connectivity index (χ1v) is 6.81. The molecule has 0 aromatic heterocycles. The zero-order chi connectivity index (χ0) is 13.5. The number of rotatable bonds is 7. The normalized spacial score (nSPS) is 10.8. The highest BCUT2D eigenvalue weighted by atomic mass is 16.5. The molecule has 19 heavy (non-hydrogen) atoms. The van der Waals surface area contributed by atoms with Gasteiger partial charge in [-0.2, -0.15) is 0 Å². The standard InChI is InChI=1S/C16H21NO2/c17-12-15-14-7-3-2-6-13(14)8-9-16(15)19-11-5-1-4-10-18/h2-3,6-9,18H,1,4-5,10-12,17H2. The van der Waals surface area contributed by atoms with Crippen molar-refractivity contribution < 1.29 is 9.84 Å². The lowest BCUT2D eigenvalue weighted by molar-refractivity contribution is 0.265. The zero-order valence-corrected chi connectivity index (χ0v) is 11.1. The molecule has 0 unspecified atom stereocenters. The van der Waals surface area contributed by atoms with Crippen molar-refractivity contribution in [1.82, 2.24) is 0 Å². The van der Waals surface area contributed by atoms with Crippen molar-refractivity contribution in [1.29, 1.82) is 0 Å². The molecule has 0 radical (unpaired) electrons. The number of nitrogens with two attached hydrogens (primary N) is 1. The Balaban J connectivity index is 2.10. The third-order valence-electron chi connectivity index (χ3n) is 3.26. The molecule has 3 N–H and O–H groups in total. The first-order valence-electron chi connectivity index (χ1n) is 6.81. The van der Waals surface area contributed by atoms with Crippen LogP contribution in [0.3, 0.4) is 0 Å². The average molecular weight is 259 g/mol. The highest BCUT2D eigenvalue weighted by Gasteiger charge is 2.06. The minimum atomic E-state index is 0.254. The maximum atomic E-state index is 8.73. The zero-order valence-electron chi connectivity index (χ0n) is 11.1. The van der Waals surface area contributed by atoms with E-state index in [4.69, 9.17) is 15.6 Å². The number of aliphatic hydroxyl groups is 1. The molecule has 3 nitrogen and oxygen atoms in total. The highest BCUT2D eigenvalue weighted by Crippen LogP contribution is 2.27. The van der Waals surface area contributed by atoms with Gasteiger partial charge in [0.1, 0.15) is 5.75 Å². The Kier molecular flexibility index (Phi) is 5.19. The molecule has 2 rings (SSSR count). The first-order chi connectivity index (χ1) is 9.36. The molecule has 3 heteroatoms. The molecule has 0 aliphatic heterocycles. The van der Waals surface area contributed by atoms with Crippen LogP contribution in [0, 0.1) is 0 Å². The van der Waals surface area contributed by atoms with Gasteiger partial charge in [0.25, 0.3) is 0 Å². The summed E-state index contributed by atoms with van der Waals surface area (Å²) in [5, 5.41) is 11.1. The smallest absolute Gasteiger partial charge is 0.124 e. The predicted octanol–water partition coefficient (Wildman–Crippen LogP) is 2.84. The van der Waals surface area contributed by atoms with Gasteiger partial charge >= 0.3 is 0 Å². The van der Waals surface area contributed by atoms with E-state index in [0.717, 1.165) is 36.0 Å². The molecule has 102 valence electrons. The number of aliphatic hydroxyl groups excluding tert-OH is 1. The SMILES string of the molecule is NCc1c(OCCCCCO)ccc2ccccc12. The van der Waals surface area contributed by atoms with E-state index in [1.165, 1.54) is 5.39 Å². The lowest BCUT2D eigenvalue weighted by Gasteiger charge is -2.13.